The van der Waals surface area contributed by atoms with Gasteiger partial charge in [0.2, 0.25) is 0 Å². The van der Waals surface area contributed by atoms with Crippen molar-refractivity contribution in [3.63, 3.8) is 0 Å². The first-order valence-electron chi connectivity index (χ1n) is 7.36. The summed E-state index contributed by atoms with van der Waals surface area (Å²) < 4.78 is 15.4. The van der Waals surface area contributed by atoms with Crippen LogP contribution in [0.1, 0.15) is 6.42 Å². The summed E-state index contributed by atoms with van der Waals surface area (Å²) in [7, 11) is 2.94. The van der Waals surface area contributed by atoms with Gasteiger partial charge in [-0.2, -0.15) is 0 Å². The fraction of sp³-hybridized carbons (Fsp3) is 0.500. The normalized spacial score (nSPS) is 17.0. The predicted octanol–water partition coefficient (Wildman–Crippen LogP) is 1.58. The number of methoxy groups -OCH3 is 2. The van der Waals surface area contributed by atoms with Crippen molar-refractivity contribution in [1.82, 2.24) is 4.90 Å². The van der Waals surface area contributed by atoms with Gasteiger partial charge in [-0.05, 0) is 18.6 Å². The Morgan fingerprint density at radius 1 is 1.26 bits per heavy atom. The summed E-state index contributed by atoms with van der Waals surface area (Å²) >= 11 is 1.53. The molecule has 7 heteroatoms. The zero-order chi connectivity index (χ0) is 16.7. The van der Waals surface area contributed by atoms with Crippen LogP contribution < -0.4 is 9.47 Å². The van der Waals surface area contributed by atoms with Gasteiger partial charge in [-0.1, -0.05) is 12.1 Å². The number of hydrogen-bond donors (Lipinski definition) is 0. The fourth-order valence-electron chi connectivity index (χ4n) is 2.30. The largest absolute Gasteiger partial charge is 0.493 e. The molecule has 1 aromatic rings. The SMILES string of the molecule is COC(=O)CS[C@@H]1CCN(C(=O)COc2ccccc2OC)C1. The number of para-hydroxylation sites is 2. The van der Waals surface area contributed by atoms with Gasteiger partial charge in [0.25, 0.3) is 5.91 Å². The van der Waals surface area contributed by atoms with Crippen molar-refractivity contribution in [3.8, 4) is 11.5 Å². The van der Waals surface area contributed by atoms with Crippen molar-refractivity contribution in [3.05, 3.63) is 24.3 Å². The molecule has 6 nitrogen and oxygen atoms in total. The van der Waals surface area contributed by atoms with Gasteiger partial charge in [0.1, 0.15) is 0 Å². The first-order valence-corrected chi connectivity index (χ1v) is 8.41. The van der Waals surface area contributed by atoms with Crippen LogP contribution in [0.25, 0.3) is 0 Å². The van der Waals surface area contributed by atoms with E-state index in [2.05, 4.69) is 4.74 Å². The van der Waals surface area contributed by atoms with Crippen molar-refractivity contribution in [2.45, 2.75) is 11.7 Å². The van der Waals surface area contributed by atoms with Gasteiger partial charge < -0.3 is 19.1 Å². The van der Waals surface area contributed by atoms with E-state index in [1.54, 1.807) is 24.1 Å². The second-order valence-electron chi connectivity index (χ2n) is 5.08. The zero-order valence-corrected chi connectivity index (χ0v) is 14.1. The Bertz CT molecular complexity index is 551. The number of carbonyl (C=O) groups is 2. The number of likely N-dealkylation sites (tertiary alicyclic amines) is 1. The molecule has 0 spiro atoms. The highest BCUT2D eigenvalue weighted by Gasteiger charge is 2.27. The van der Waals surface area contributed by atoms with Crippen LogP contribution in [0.3, 0.4) is 0 Å². The number of nitrogens with zero attached hydrogens (tertiary/aromatic N) is 1. The molecule has 23 heavy (non-hydrogen) atoms. The minimum Gasteiger partial charge on any atom is -0.493 e. The second-order valence-corrected chi connectivity index (χ2v) is 6.37. The molecule has 1 atom stereocenters. The van der Waals surface area contributed by atoms with E-state index in [1.807, 2.05) is 12.1 Å². The smallest absolute Gasteiger partial charge is 0.315 e. The molecule has 0 aliphatic carbocycles. The Kier molecular flexibility index (Phi) is 6.58. The number of carbonyl (C=O) groups excluding carboxylic acids is 2. The number of thioether (sulfide) groups is 1. The molecule has 126 valence electrons. The maximum atomic E-state index is 12.2. The van der Waals surface area contributed by atoms with Gasteiger partial charge in [-0.15, -0.1) is 11.8 Å². The molecule has 1 fully saturated rings. The van der Waals surface area contributed by atoms with E-state index in [-0.39, 0.29) is 23.7 Å². The summed E-state index contributed by atoms with van der Waals surface area (Å²) in [5.74, 6) is 1.18. The molecular weight excluding hydrogens is 318 g/mol. The lowest BCUT2D eigenvalue weighted by molar-refractivity contribution is -0.137. The lowest BCUT2D eigenvalue weighted by Gasteiger charge is -2.17. The summed E-state index contributed by atoms with van der Waals surface area (Å²) in [5.41, 5.74) is 0. The molecule has 0 N–H and O–H groups in total. The molecular formula is C16H21NO5S. The molecule has 1 heterocycles. The third-order valence-electron chi connectivity index (χ3n) is 3.58. The van der Waals surface area contributed by atoms with Crippen molar-refractivity contribution >= 4 is 23.6 Å². The van der Waals surface area contributed by atoms with Crippen molar-refractivity contribution < 1.29 is 23.8 Å². The summed E-state index contributed by atoms with van der Waals surface area (Å²) in [6, 6.07) is 7.23. The molecule has 0 unspecified atom stereocenters. The van der Waals surface area contributed by atoms with E-state index in [9.17, 15) is 9.59 Å². The van der Waals surface area contributed by atoms with Crippen molar-refractivity contribution in [2.75, 3.05) is 39.7 Å². The highest BCUT2D eigenvalue weighted by atomic mass is 32.2. The molecule has 1 aliphatic heterocycles. The van der Waals surface area contributed by atoms with Gasteiger partial charge in [0.15, 0.2) is 18.1 Å². The summed E-state index contributed by atoms with van der Waals surface area (Å²) in [5, 5.41) is 0.268. The number of hydrogen-bond acceptors (Lipinski definition) is 6. The molecule has 0 aromatic heterocycles. The van der Waals surface area contributed by atoms with E-state index in [1.165, 1.54) is 18.9 Å². The number of rotatable bonds is 7. The third-order valence-corrected chi connectivity index (χ3v) is 4.84. The Balaban J connectivity index is 1.77. The molecule has 0 bridgehead atoms. The van der Waals surface area contributed by atoms with E-state index in [0.29, 0.717) is 30.3 Å². The predicted molar refractivity (Wildman–Crippen MR) is 87.9 cm³/mol. The zero-order valence-electron chi connectivity index (χ0n) is 13.3. The molecule has 0 saturated carbocycles. The topological polar surface area (TPSA) is 65.1 Å². The molecule has 1 aromatic carbocycles. The van der Waals surface area contributed by atoms with E-state index < -0.39 is 0 Å². The summed E-state index contributed by atoms with van der Waals surface area (Å²) in [6.45, 7) is 1.30. The molecule has 2 rings (SSSR count). The highest BCUT2D eigenvalue weighted by Crippen LogP contribution is 2.26. The van der Waals surface area contributed by atoms with Crippen LogP contribution in [0.4, 0.5) is 0 Å². The van der Waals surface area contributed by atoms with E-state index in [0.717, 1.165) is 6.42 Å². The molecule has 0 radical (unpaired) electrons. The summed E-state index contributed by atoms with van der Waals surface area (Å²) in [6.07, 6.45) is 0.877. The number of benzene rings is 1. The molecule has 1 amide bonds. The van der Waals surface area contributed by atoms with Gasteiger partial charge in [0.05, 0.1) is 20.0 Å². The number of amides is 1. The average Bonchev–Trinajstić information content (AvgIpc) is 3.06. The fourth-order valence-corrected chi connectivity index (χ4v) is 3.35. The van der Waals surface area contributed by atoms with Crippen LogP contribution in [-0.4, -0.2) is 61.7 Å². The van der Waals surface area contributed by atoms with Crippen LogP contribution >= 0.6 is 11.8 Å². The van der Waals surface area contributed by atoms with Crippen LogP contribution in [-0.2, 0) is 14.3 Å². The lowest BCUT2D eigenvalue weighted by Crippen LogP contribution is -2.33. The van der Waals surface area contributed by atoms with Crippen molar-refractivity contribution in [2.24, 2.45) is 0 Å². The van der Waals surface area contributed by atoms with Crippen LogP contribution in [0.5, 0.6) is 11.5 Å². The quantitative estimate of drug-likeness (QED) is 0.703. The van der Waals surface area contributed by atoms with Crippen LogP contribution in [0.15, 0.2) is 24.3 Å². The van der Waals surface area contributed by atoms with Crippen molar-refractivity contribution in [1.29, 1.82) is 0 Å². The first-order chi connectivity index (χ1) is 11.1. The Morgan fingerprint density at radius 2 is 2.00 bits per heavy atom. The Morgan fingerprint density at radius 3 is 2.70 bits per heavy atom. The van der Waals surface area contributed by atoms with Crippen LogP contribution in [0, 0.1) is 0 Å². The van der Waals surface area contributed by atoms with Gasteiger partial charge >= 0.3 is 5.97 Å². The van der Waals surface area contributed by atoms with Crippen LogP contribution in [0.2, 0.25) is 0 Å². The number of esters is 1. The maximum Gasteiger partial charge on any atom is 0.315 e. The first kappa shape index (κ1) is 17.5. The maximum absolute atomic E-state index is 12.2. The Hall–Kier alpha value is -1.89. The van der Waals surface area contributed by atoms with Gasteiger partial charge in [-0.25, -0.2) is 0 Å². The molecule has 1 aliphatic rings. The average molecular weight is 339 g/mol. The lowest BCUT2D eigenvalue weighted by atomic mass is 10.3. The Labute approximate surface area is 140 Å². The monoisotopic (exact) mass is 339 g/mol. The van der Waals surface area contributed by atoms with E-state index in [4.69, 9.17) is 9.47 Å². The summed E-state index contributed by atoms with van der Waals surface area (Å²) in [4.78, 5) is 25.1. The minimum absolute atomic E-state index is 0.0191. The van der Waals surface area contributed by atoms with Gasteiger partial charge in [0, 0.05) is 18.3 Å². The molecule has 1 saturated heterocycles. The highest BCUT2D eigenvalue weighted by molar-refractivity contribution is 8.00. The van der Waals surface area contributed by atoms with E-state index >= 15 is 0 Å². The number of ether oxygens (including phenoxy) is 3. The second kappa shape index (κ2) is 8.67. The third kappa shape index (κ3) is 5.06. The van der Waals surface area contributed by atoms with Gasteiger partial charge in [-0.3, -0.25) is 9.59 Å². The standard InChI is InChI=1S/C16H21NO5S/c1-20-13-5-3-4-6-14(13)22-10-15(18)17-8-7-12(9-17)23-11-16(19)21-2/h3-6,12H,7-11H2,1-2H3/t12-/m1/s1. The minimum atomic E-state index is -0.237.